The quantitative estimate of drug-likeness (QED) is 0.668. The highest BCUT2D eigenvalue weighted by molar-refractivity contribution is 5.90. The summed E-state index contributed by atoms with van der Waals surface area (Å²) in [6.45, 7) is 9.06. The molecule has 0 aromatic heterocycles. The highest BCUT2D eigenvalue weighted by atomic mass is 16.6. The normalized spacial score (nSPS) is 13.1. The average Bonchev–Trinajstić information content (AvgIpc) is 2.35. The fraction of sp³-hybridized carbons (Fsp3) is 0.562. The summed E-state index contributed by atoms with van der Waals surface area (Å²) in [6, 6.07) is 4.74. The van der Waals surface area contributed by atoms with Gasteiger partial charge in [-0.25, -0.2) is 4.79 Å². The van der Waals surface area contributed by atoms with E-state index in [0.717, 1.165) is 0 Å². The van der Waals surface area contributed by atoms with E-state index < -0.39 is 17.9 Å². The van der Waals surface area contributed by atoms with Gasteiger partial charge in [0, 0.05) is 5.56 Å². The van der Waals surface area contributed by atoms with Crippen molar-refractivity contribution < 1.29 is 24.1 Å². The first-order valence-corrected chi connectivity index (χ1v) is 6.88. The Hall–Kier alpha value is -1.59. The first-order valence-electron chi connectivity index (χ1n) is 6.88. The van der Waals surface area contributed by atoms with Crippen molar-refractivity contribution in [2.45, 2.75) is 52.6 Å². The summed E-state index contributed by atoms with van der Waals surface area (Å²) in [5, 5.41) is 10.1. The molecule has 0 amide bonds. The molecule has 5 nitrogen and oxygen atoms in total. The molecule has 0 aliphatic rings. The third kappa shape index (κ3) is 5.73. The summed E-state index contributed by atoms with van der Waals surface area (Å²) >= 11 is 0. The summed E-state index contributed by atoms with van der Waals surface area (Å²) in [4.78, 5) is 12.0. The molecular weight excluding hydrogens is 272 g/mol. The topological polar surface area (TPSA) is 65.0 Å². The molecule has 0 saturated heterocycles. The van der Waals surface area contributed by atoms with Gasteiger partial charge in [0.2, 0.25) is 0 Å². The predicted molar refractivity (Wildman–Crippen MR) is 79.3 cm³/mol. The van der Waals surface area contributed by atoms with E-state index in [2.05, 4.69) is 0 Å². The molecule has 1 atom stereocenters. The second-order valence-electron chi connectivity index (χ2n) is 6.03. The Morgan fingerprint density at radius 2 is 1.81 bits per heavy atom. The van der Waals surface area contributed by atoms with Crippen molar-refractivity contribution in [1.82, 2.24) is 0 Å². The molecule has 0 spiro atoms. The van der Waals surface area contributed by atoms with Gasteiger partial charge in [-0.3, -0.25) is 0 Å². The van der Waals surface area contributed by atoms with Gasteiger partial charge in [-0.15, -0.1) is 0 Å². The number of hydrogen-bond donors (Lipinski definition) is 1. The number of aliphatic hydroxyl groups is 1. The van der Waals surface area contributed by atoms with Crippen LogP contribution in [0.1, 0.15) is 56.8 Å². The third-order valence-corrected chi connectivity index (χ3v) is 2.49. The smallest absolute Gasteiger partial charge is 0.338 e. The summed E-state index contributed by atoms with van der Waals surface area (Å²) < 4.78 is 15.8. The largest absolute Gasteiger partial charge is 0.497 e. The summed E-state index contributed by atoms with van der Waals surface area (Å²) in [6.07, 6.45) is -1.37. The van der Waals surface area contributed by atoms with Gasteiger partial charge in [0.15, 0.2) is 6.29 Å². The molecule has 118 valence electrons. The Balaban J connectivity index is 3.07. The van der Waals surface area contributed by atoms with Crippen LogP contribution in [0.3, 0.4) is 0 Å². The molecule has 0 fully saturated rings. The van der Waals surface area contributed by atoms with Crippen molar-refractivity contribution in [3.8, 4) is 5.75 Å². The van der Waals surface area contributed by atoms with Gasteiger partial charge in [-0.05, 0) is 52.8 Å². The van der Waals surface area contributed by atoms with Gasteiger partial charge < -0.3 is 19.3 Å². The number of ether oxygens (including phenoxy) is 3. The monoisotopic (exact) mass is 296 g/mol. The predicted octanol–water partition coefficient (Wildman–Crippen LogP) is 3.07. The van der Waals surface area contributed by atoms with Crippen LogP contribution in [-0.2, 0) is 9.47 Å². The zero-order chi connectivity index (χ0) is 16.2. The summed E-state index contributed by atoms with van der Waals surface area (Å²) in [5.74, 6) is -0.00660. The van der Waals surface area contributed by atoms with Gasteiger partial charge >= 0.3 is 5.97 Å². The molecule has 1 aromatic carbocycles. The van der Waals surface area contributed by atoms with Gasteiger partial charge in [-0.1, -0.05) is 0 Å². The van der Waals surface area contributed by atoms with Crippen LogP contribution in [0.5, 0.6) is 5.75 Å². The zero-order valence-corrected chi connectivity index (χ0v) is 13.5. The highest BCUT2D eigenvalue weighted by Gasteiger charge is 2.21. The number of esters is 1. The Kier molecular flexibility index (Phi) is 5.75. The van der Waals surface area contributed by atoms with E-state index in [9.17, 15) is 9.90 Å². The highest BCUT2D eigenvalue weighted by Crippen LogP contribution is 2.26. The maximum Gasteiger partial charge on any atom is 0.338 e. The van der Waals surface area contributed by atoms with Crippen molar-refractivity contribution in [3.63, 3.8) is 0 Å². The molecule has 1 N–H and O–H groups in total. The first-order chi connectivity index (χ1) is 9.62. The average molecular weight is 296 g/mol. The van der Waals surface area contributed by atoms with Gasteiger partial charge in [0.05, 0.1) is 24.4 Å². The minimum Gasteiger partial charge on any atom is -0.497 e. The van der Waals surface area contributed by atoms with Crippen molar-refractivity contribution in [1.29, 1.82) is 0 Å². The minimum absolute atomic E-state index is 0.220. The van der Waals surface area contributed by atoms with Crippen LogP contribution in [0.2, 0.25) is 0 Å². The molecule has 5 heteroatoms. The van der Waals surface area contributed by atoms with Crippen LogP contribution >= 0.6 is 0 Å². The number of aliphatic hydroxyl groups excluding tert-OH is 1. The molecule has 0 aliphatic heterocycles. The lowest BCUT2D eigenvalue weighted by Crippen LogP contribution is -2.22. The molecule has 0 bridgehead atoms. The molecule has 0 aliphatic carbocycles. The number of rotatable bonds is 5. The van der Waals surface area contributed by atoms with E-state index in [1.807, 2.05) is 20.8 Å². The van der Waals surface area contributed by atoms with E-state index >= 15 is 0 Å². The summed E-state index contributed by atoms with van der Waals surface area (Å²) in [7, 11) is 1.49. The van der Waals surface area contributed by atoms with Crippen molar-refractivity contribution >= 4 is 5.97 Å². The SMILES string of the molecule is COc1cc(C(=O)OC(C)C)cc(C(O)OC(C)(C)C)c1. The molecule has 1 unspecified atom stereocenters. The third-order valence-electron chi connectivity index (χ3n) is 2.49. The Morgan fingerprint density at radius 3 is 2.29 bits per heavy atom. The van der Waals surface area contributed by atoms with Crippen LogP contribution in [0.25, 0.3) is 0 Å². The van der Waals surface area contributed by atoms with Crippen LogP contribution in [-0.4, -0.2) is 29.9 Å². The van der Waals surface area contributed by atoms with Crippen molar-refractivity contribution in [3.05, 3.63) is 29.3 Å². The number of hydrogen-bond acceptors (Lipinski definition) is 5. The lowest BCUT2D eigenvalue weighted by molar-refractivity contribution is -0.169. The minimum atomic E-state index is -1.15. The van der Waals surface area contributed by atoms with E-state index in [0.29, 0.717) is 16.9 Å². The lowest BCUT2D eigenvalue weighted by atomic mass is 10.1. The number of methoxy groups -OCH3 is 1. The van der Waals surface area contributed by atoms with E-state index in [-0.39, 0.29) is 6.10 Å². The molecule has 0 heterocycles. The summed E-state index contributed by atoms with van der Waals surface area (Å²) in [5.41, 5.74) is 0.246. The Bertz CT molecular complexity index is 488. The van der Waals surface area contributed by atoms with Crippen LogP contribution in [0.4, 0.5) is 0 Å². The number of carbonyl (C=O) groups excluding carboxylic acids is 1. The molecule has 1 rings (SSSR count). The maximum atomic E-state index is 12.0. The van der Waals surface area contributed by atoms with E-state index in [1.54, 1.807) is 32.0 Å². The van der Waals surface area contributed by atoms with Crippen molar-refractivity contribution in [2.24, 2.45) is 0 Å². The maximum absolute atomic E-state index is 12.0. The van der Waals surface area contributed by atoms with E-state index in [1.165, 1.54) is 7.11 Å². The molecule has 0 radical (unpaired) electrons. The first kappa shape index (κ1) is 17.5. The van der Waals surface area contributed by atoms with Gasteiger partial charge in [0.25, 0.3) is 0 Å². The Morgan fingerprint density at radius 1 is 1.19 bits per heavy atom. The fourth-order valence-electron chi connectivity index (χ4n) is 1.69. The second-order valence-corrected chi connectivity index (χ2v) is 6.03. The van der Waals surface area contributed by atoms with Crippen LogP contribution in [0, 0.1) is 0 Å². The Labute approximate surface area is 125 Å². The van der Waals surface area contributed by atoms with Crippen LogP contribution < -0.4 is 4.74 Å². The van der Waals surface area contributed by atoms with Crippen LogP contribution in [0.15, 0.2) is 18.2 Å². The van der Waals surface area contributed by atoms with Gasteiger partial charge in [-0.2, -0.15) is 0 Å². The second kappa shape index (κ2) is 6.91. The van der Waals surface area contributed by atoms with E-state index in [4.69, 9.17) is 14.2 Å². The fourth-order valence-corrected chi connectivity index (χ4v) is 1.69. The standard InChI is InChI=1S/C16H24O5/c1-10(2)20-14(17)11-7-12(9-13(8-11)19-6)15(18)21-16(3,4)5/h7-10,15,18H,1-6H3. The molecule has 0 saturated carbocycles. The number of benzene rings is 1. The molecule has 1 aromatic rings. The van der Waals surface area contributed by atoms with Crippen molar-refractivity contribution in [2.75, 3.05) is 7.11 Å². The molecular formula is C16H24O5. The zero-order valence-electron chi connectivity index (χ0n) is 13.5. The number of carbonyl (C=O) groups is 1. The lowest BCUT2D eigenvalue weighted by Gasteiger charge is -2.24. The van der Waals surface area contributed by atoms with Gasteiger partial charge in [0.1, 0.15) is 5.75 Å². The molecule has 21 heavy (non-hydrogen) atoms.